The molecule has 0 aliphatic carbocycles. The predicted molar refractivity (Wildman–Crippen MR) is 65.1 cm³/mol. The average Bonchev–Trinajstić information content (AvgIpc) is 3.21. The van der Waals surface area contributed by atoms with Gasteiger partial charge in [-0.25, -0.2) is 0 Å². The van der Waals surface area contributed by atoms with Gasteiger partial charge in [0.05, 0.1) is 26.9 Å². The number of aliphatic hydroxyl groups is 1. The second-order valence-corrected chi connectivity index (χ2v) is 4.14. The molecule has 5 nitrogen and oxygen atoms in total. The topological polar surface area (TPSA) is 60.5 Å². The van der Waals surface area contributed by atoms with Crippen LogP contribution in [0.3, 0.4) is 0 Å². The summed E-state index contributed by atoms with van der Waals surface area (Å²) in [6, 6.07) is 7.25. The van der Waals surface area contributed by atoms with Gasteiger partial charge in [-0.3, -0.25) is 0 Å². The molecule has 0 saturated carbocycles. The minimum Gasteiger partial charge on any atom is -0.497 e. The Morgan fingerprint density at radius 2 is 2.17 bits per heavy atom. The van der Waals surface area contributed by atoms with Crippen LogP contribution in [0.4, 0.5) is 0 Å². The Balaban J connectivity index is 1.65. The first-order valence-electron chi connectivity index (χ1n) is 5.92. The highest BCUT2D eigenvalue weighted by molar-refractivity contribution is 5.32. The number of methoxy groups -OCH3 is 1. The van der Waals surface area contributed by atoms with Gasteiger partial charge in [-0.2, -0.15) is 0 Å². The van der Waals surface area contributed by atoms with Crippen molar-refractivity contribution in [2.45, 2.75) is 12.2 Å². The van der Waals surface area contributed by atoms with Crippen molar-refractivity contribution < 1.29 is 24.1 Å². The molecule has 0 spiro atoms. The van der Waals surface area contributed by atoms with Crippen LogP contribution in [0.2, 0.25) is 0 Å². The Labute approximate surface area is 106 Å². The smallest absolute Gasteiger partial charge is 0.123 e. The van der Waals surface area contributed by atoms with Crippen LogP contribution in [0.15, 0.2) is 24.3 Å². The molecule has 1 aliphatic heterocycles. The maximum atomic E-state index is 9.65. The zero-order valence-corrected chi connectivity index (χ0v) is 10.4. The summed E-state index contributed by atoms with van der Waals surface area (Å²) in [6.45, 7) is 1.75. The Hall–Kier alpha value is -1.30. The zero-order chi connectivity index (χ0) is 12.8. The molecule has 100 valence electrons. The Kier molecular flexibility index (Phi) is 4.81. The second-order valence-electron chi connectivity index (χ2n) is 4.14. The van der Waals surface area contributed by atoms with E-state index < -0.39 is 6.10 Å². The van der Waals surface area contributed by atoms with Crippen LogP contribution < -0.4 is 9.47 Å². The van der Waals surface area contributed by atoms with Crippen LogP contribution in [0.5, 0.6) is 11.5 Å². The maximum absolute atomic E-state index is 9.65. The first kappa shape index (κ1) is 13.1. The highest BCUT2D eigenvalue weighted by atomic mass is 16.6. The Bertz CT molecular complexity index is 364. The summed E-state index contributed by atoms with van der Waals surface area (Å²) in [5, 5.41) is 9.65. The number of benzene rings is 1. The molecule has 0 bridgehead atoms. The van der Waals surface area contributed by atoms with E-state index in [2.05, 4.69) is 0 Å². The van der Waals surface area contributed by atoms with Crippen molar-refractivity contribution in [3.63, 3.8) is 0 Å². The summed E-state index contributed by atoms with van der Waals surface area (Å²) >= 11 is 0. The van der Waals surface area contributed by atoms with E-state index in [1.165, 1.54) is 0 Å². The molecule has 18 heavy (non-hydrogen) atoms. The summed E-state index contributed by atoms with van der Waals surface area (Å²) in [5.41, 5.74) is 0. The molecule has 1 heterocycles. The summed E-state index contributed by atoms with van der Waals surface area (Å²) in [5.74, 6) is 1.39. The number of ether oxygens (including phenoxy) is 4. The van der Waals surface area contributed by atoms with Gasteiger partial charge in [-0.15, -0.1) is 0 Å². The summed E-state index contributed by atoms with van der Waals surface area (Å²) in [4.78, 5) is 0. The number of hydrogen-bond donors (Lipinski definition) is 1. The quantitative estimate of drug-likeness (QED) is 0.697. The van der Waals surface area contributed by atoms with Crippen molar-refractivity contribution in [3.05, 3.63) is 24.3 Å². The highest BCUT2D eigenvalue weighted by Gasteiger charge is 2.22. The lowest BCUT2D eigenvalue weighted by atomic mass is 10.3. The Morgan fingerprint density at radius 3 is 2.89 bits per heavy atom. The van der Waals surface area contributed by atoms with Crippen LogP contribution in [0.1, 0.15) is 0 Å². The molecule has 1 fully saturated rings. The molecule has 5 heteroatoms. The molecule has 0 amide bonds. The van der Waals surface area contributed by atoms with Crippen LogP contribution in [0, 0.1) is 0 Å². The minimum absolute atomic E-state index is 0.193. The van der Waals surface area contributed by atoms with Crippen LogP contribution >= 0.6 is 0 Å². The lowest BCUT2D eigenvalue weighted by Crippen LogP contribution is -2.24. The van der Waals surface area contributed by atoms with Gasteiger partial charge in [0.15, 0.2) is 0 Å². The van der Waals surface area contributed by atoms with E-state index in [0.717, 1.165) is 12.4 Å². The number of hydrogen-bond acceptors (Lipinski definition) is 5. The van der Waals surface area contributed by atoms with Gasteiger partial charge in [-0.05, 0) is 12.1 Å². The van der Waals surface area contributed by atoms with E-state index >= 15 is 0 Å². The van der Waals surface area contributed by atoms with Crippen molar-refractivity contribution in [2.24, 2.45) is 0 Å². The molecule has 1 aromatic carbocycles. The number of aliphatic hydroxyl groups excluding tert-OH is 1. The molecular formula is C13H18O5. The van der Waals surface area contributed by atoms with Crippen molar-refractivity contribution in [1.82, 2.24) is 0 Å². The molecule has 1 aliphatic rings. The van der Waals surface area contributed by atoms with Gasteiger partial charge < -0.3 is 24.1 Å². The van der Waals surface area contributed by atoms with Crippen LogP contribution in [-0.4, -0.2) is 50.9 Å². The summed E-state index contributed by atoms with van der Waals surface area (Å²) in [7, 11) is 1.60. The van der Waals surface area contributed by atoms with Gasteiger partial charge in [-0.1, -0.05) is 6.07 Å². The fourth-order valence-electron chi connectivity index (χ4n) is 1.43. The third kappa shape index (κ3) is 4.52. The SMILES string of the molecule is COc1cccc(OCC(O)COCC2CO2)c1. The molecule has 0 aromatic heterocycles. The first-order chi connectivity index (χ1) is 8.78. The van der Waals surface area contributed by atoms with E-state index in [0.29, 0.717) is 12.4 Å². The summed E-state index contributed by atoms with van der Waals surface area (Å²) < 4.78 is 20.8. The predicted octanol–water partition coefficient (Wildman–Crippen LogP) is 0.850. The molecule has 1 N–H and O–H groups in total. The van der Waals surface area contributed by atoms with E-state index in [1.54, 1.807) is 13.2 Å². The lowest BCUT2D eigenvalue weighted by Gasteiger charge is -2.12. The third-order valence-electron chi connectivity index (χ3n) is 2.50. The number of epoxide rings is 1. The molecular weight excluding hydrogens is 236 g/mol. The summed E-state index contributed by atoms with van der Waals surface area (Å²) in [6.07, 6.45) is -0.425. The largest absolute Gasteiger partial charge is 0.497 e. The van der Waals surface area contributed by atoms with Gasteiger partial charge >= 0.3 is 0 Å². The fourth-order valence-corrected chi connectivity index (χ4v) is 1.43. The van der Waals surface area contributed by atoms with E-state index in [-0.39, 0.29) is 19.3 Å². The van der Waals surface area contributed by atoms with E-state index in [9.17, 15) is 5.11 Å². The maximum Gasteiger partial charge on any atom is 0.123 e. The third-order valence-corrected chi connectivity index (χ3v) is 2.50. The van der Waals surface area contributed by atoms with E-state index in [1.807, 2.05) is 18.2 Å². The highest BCUT2D eigenvalue weighted by Crippen LogP contribution is 2.18. The zero-order valence-electron chi connectivity index (χ0n) is 10.4. The van der Waals surface area contributed by atoms with Crippen molar-refractivity contribution in [1.29, 1.82) is 0 Å². The van der Waals surface area contributed by atoms with Crippen LogP contribution in [0.25, 0.3) is 0 Å². The standard InChI is InChI=1S/C13H18O5/c1-15-11-3-2-4-12(5-11)17-7-10(14)6-16-8-13-9-18-13/h2-5,10,13-14H,6-9H2,1H3. The van der Waals surface area contributed by atoms with Gasteiger partial charge in [0.25, 0.3) is 0 Å². The van der Waals surface area contributed by atoms with Gasteiger partial charge in [0.2, 0.25) is 0 Å². The molecule has 2 unspecified atom stereocenters. The minimum atomic E-state index is -0.644. The Morgan fingerprint density at radius 1 is 1.39 bits per heavy atom. The molecule has 2 atom stereocenters. The van der Waals surface area contributed by atoms with Crippen molar-refractivity contribution >= 4 is 0 Å². The molecule has 0 radical (unpaired) electrons. The van der Waals surface area contributed by atoms with Gasteiger partial charge in [0.1, 0.15) is 30.3 Å². The molecule has 2 rings (SSSR count). The second kappa shape index (κ2) is 6.58. The van der Waals surface area contributed by atoms with E-state index in [4.69, 9.17) is 18.9 Å². The average molecular weight is 254 g/mol. The fraction of sp³-hybridized carbons (Fsp3) is 0.538. The van der Waals surface area contributed by atoms with Crippen molar-refractivity contribution in [2.75, 3.05) is 33.5 Å². The van der Waals surface area contributed by atoms with Crippen LogP contribution in [-0.2, 0) is 9.47 Å². The lowest BCUT2D eigenvalue weighted by molar-refractivity contribution is 0.00758. The monoisotopic (exact) mass is 254 g/mol. The van der Waals surface area contributed by atoms with Crippen molar-refractivity contribution in [3.8, 4) is 11.5 Å². The normalized spacial score (nSPS) is 19.3. The molecule has 1 aromatic rings. The van der Waals surface area contributed by atoms with Gasteiger partial charge in [0, 0.05) is 6.07 Å². The first-order valence-corrected chi connectivity index (χ1v) is 5.92. The molecule has 1 saturated heterocycles. The number of rotatable bonds is 8.